The van der Waals surface area contributed by atoms with Gasteiger partial charge in [-0.1, -0.05) is 34.8 Å². The number of anilines is 2. The number of carbonyl (C=O) groups excluding carboxylic acids is 1. The number of halogens is 4. The van der Waals surface area contributed by atoms with E-state index in [0.717, 1.165) is 25.1 Å². The molecule has 1 aliphatic rings. The van der Waals surface area contributed by atoms with Gasteiger partial charge in [0.2, 0.25) is 0 Å². The summed E-state index contributed by atoms with van der Waals surface area (Å²) in [6.07, 6.45) is 4.80. The smallest absolute Gasteiger partial charge is 0.319 e. The van der Waals surface area contributed by atoms with E-state index < -0.39 is 5.82 Å². The van der Waals surface area contributed by atoms with Crippen LogP contribution < -0.4 is 15.5 Å². The van der Waals surface area contributed by atoms with E-state index in [-0.39, 0.29) is 17.1 Å². The molecule has 1 aromatic carbocycles. The number of nitrogens with one attached hydrogen (secondary N) is 2. The molecule has 0 spiro atoms. The lowest BCUT2D eigenvalue weighted by molar-refractivity contribution is 0.246. The molecular weight excluding hydrogens is 402 g/mol. The lowest BCUT2D eigenvalue weighted by atomic mass is 10.1. The topological polar surface area (TPSA) is 57.3 Å². The number of hydrogen-bond donors (Lipinski definition) is 2. The van der Waals surface area contributed by atoms with Crippen molar-refractivity contribution in [2.45, 2.75) is 18.9 Å². The van der Waals surface area contributed by atoms with E-state index in [1.165, 1.54) is 18.2 Å². The first-order valence-electron chi connectivity index (χ1n) is 8.00. The van der Waals surface area contributed by atoms with E-state index in [4.69, 9.17) is 34.8 Å². The number of piperidine rings is 1. The molecule has 2 heterocycles. The quantitative estimate of drug-likeness (QED) is 0.741. The van der Waals surface area contributed by atoms with Crippen molar-refractivity contribution < 1.29 is 9.18 Å². The Kier molecular flexibility index (Phi) is 6.06. The summed E-state index contributed by atoms with van der Waals surface area (Å²) in [4.78, 5) is 18.2. The van der Waals surface area contributed by atoms with Gasteiger partial charge in [0.25, 0.3) is 0 Å². The molecule has 1 saturated heterocycles. The van der Waals surface area contributed by atoms with Crippen LogP contribution >= 0.6 is 34.8 Å². The first-order chi connectivity index (χ1) is 12.4. The number of carbonyl (C=O) groups is 1. The molecule has 5 nitrogen and oxygen atoms in total. The molecule has 0 saturated carbocycles. The molecular formula is C17H16Cl3FN4O. The second kappa shape index (κ2) is 8.29. The summed E-state index contributed by atoms with van der Waals surface area (Å²) in [6.45, 7) is 1.36. The minimum Gasteiger partial charge on any atom is -0.367 e. The lowest BCUT2D eigenvalue weighted by Crippen LogP contribution is -2.49. The Balaban J connectivity index is 1.63. The van der Waals surface area contributed by atoms with Gasteiger partial charge in [-0.3, -0.25) is 4.98 Å². The lowest BCUT2D eigenvalue weighted by Gasteiger charge is -2.35. The Labute approximate surface area is 165 Å². The van der Waals surface area contributed by atoms with Gasteiger partial charge in [-0.2, -0.15) is 0 Å². The van der Waals surface area contributed by atoms with Gasteiger partial charge in [-0.05, 0) is 31.0 Å². The van der Waals surface area contributed by atoms with E-state index >= 15 is 0 Å². The van der Waals surface area contributed by atoms with E-state index in [0.29, 0.717) is 22.3 Å². The highest BCUT2D eigenvalue weighted by Crippen LogP contribution is 2.34. The van der Waals surface area contributed by atoms with Gasteiger partial charge in [-0.15, -0.1) is 0 Å². The number of amides is 2. The van der Waals surface area contributed by atoms with Crippen LogP contribution in [0.25, 0.3) is 0 Å². The maximum Gasteiger partial charge on any atom is 0.319 e. The second-order valence-corrected chi connectivity index (χ2v) is 7.19. The van der Waals surface area contributed by atoms with Crippen molar-refractivity contribution in [2.24, 2.45) is 0 Å². The van der Waals surface area contributed by atoms with Crippen LogP contribution in [0.4, 0.5) is 20.6 Å². The van der Waals surface area contributed by atoms with Crippen LogP contribution in [0.1, 0.15) is 12.8 Å². The van der Waals surface area contributed by atoms with Gasteiger partial charge < -0.3 is 15.5 Å². The van der Waals surface area contributed by atoms with E-state index in [2.05, 4.69) is 15.6 Å². The van der Waals surface area contributed by atoms with Crippen molar-refractivity contribution >= 4 is 52.2 Å². The molecule has 2 N–H and O–H groups in total. The second-order valence-electron chi connectivity index (χ2n) is 5.96. The van der Waals surface area contributed by atoms with Gasteiger partial charge >= 0.3 is 6.03 Å². The zero-order valence-electron chi connectivity index (χ0n) is 13.6. The third kappa shape index (κ3) is 4.50. The zero-order chi connectivity index (χ0) is 18.7. The molecule has 3 rings (SSSR count). The molecule has 1 fully saturated rings. The molecule has 1 aliphatic heterocycles. The normalized spacial score (nSPS) is 17.1. The number of nitrogens with zero attached hydrogens (tertiary/aromatic N) is 2. The number of rotatable bonds is 3. The van der Waals surface area contributed by atoms with Crippen molar-refractivity contribution in [1.82, 2.24) is 10.3 Å². The Bertz CT molecular complexity index is 800. The minimum atomic E-state index is -0.536. The molecule has 138 valence electrons. The summed E-state index contributed by atoms with van der Waals surface area (Å²) in [6, 6.07) is 3.55. The average Bonchev–Trinajstić information content (AvgIpc) is 2.58. The Morgan fingerprint density at radius 3 is 2.62 bits per heavy atom. The largest absolute Gasteiger partial charge is 0.367 e. The van der Waals surface area contributed by atoms with Gasteiger partial charge in [0.05, 0.1) is 20.8 Å². The number of pyridine rings is 1. The standard InChI is InChI=1S/C17H16Cl3FN4O/c18-12-6-10(3-4-15(12)21)23-17(26)24-11-2-1-5-25(9-11)16-13(19)7-22-8-14(16)20/h3-4,6-8,11H,1-2,5,9H2,(H2,23,24,26)/t11-/m1/s1. The molecule has 0 bridgehead atoms. The van der Waals surface area contributed by atoms with Gasteiger partial charge in [0.15, 0.2) is 0 Å². The fourth-order valence-electron chi connectivity index (χ4n) is 2.93. The van der Waals surface area contributed by atoms with Crippen LogP contribution in [0.15, 0.2) is 30.6 Å². The zero-order valence-corrected chi connectivity index (χ0v) is 15.9. The molecule has 26 heavy (non-hydrogen) atoms. The van der Waals surface area contributed by atoms with Gasteiger partial charge in [0, 0.05) is 37.2 Å². The summed E-state index contributed by atoms with van der Waals surface area (Å²) in [7, 11) is 0. The molecule has 1 atom stereocenters. The van der Waals surface area contributed by atoms with Crippen molar-refractivity contribution in [3.63, 3.8) is 0 Å². The highest BCUT2D eigenvalue weighted by molar-refractivity contribution is 6.38. The van der Waals surface area contributed by atoms with Crippen molar-refractivity contribution in [3.8, 4) is 0 Å². The monoisotopic (exact) mass is 416 g/mol. The van der Waals surface area contributed by atoms with Crippen LogP contribution in [-0.2, 0) is 0 Å². The fourth-order valence-corrected chi connectivity index (χ4v) is 3.72. The molecule has 2 aromatic rings. The van der Waals surface area contributed by atoms with Crippen LogP contribution in [0.2, 0.25) is 15.1 Å². The van der Waals surface area contributed by atoms with Gasteiger partial charge in [-0.25, -0.2) is 9.18 Å². The summed E-state index contributed by atoms with van der Waals surface area (Å²) < 4.78 is 13.2. The van der Waals surface area contributed by atoms with Crippen molar-refractivity contribution in [1.29, 1.82) is 0 Å². The molecule has 1 aromatic heterocycles. The molecule has 2 amide bonds. The van der Waals surface area contributed by atoms with Crippen LogP contribution in [0.3, 0.4) is 0 Å². The summed E-state index contributed by atoms with van der Waals surface area (Å²) in [5.41, 5.74) is 1.14. The fraction of sp³-hybridized carbons (Fsp3) is 0.294. The molecule has 0 unspecified atom stereocenters. The number of hydrogen-bond acceptors (Lipinski definition) is 3. The highest BCUT2D eigenvalue weighted by atomic mass is 35.5. The predicted octanol–water partition coefficient (Wildman–Crippen LogP) is 4.97. The third-order valence-electron chi connectivity index (χ3n) is 4.08. The van der Waals surface area contributed by atoms with Crippen molar-refractivity contribution in [2.75, 3.05) is 23.3 Å². The first kappa shape index (κ1) is 19.0. The number of aromatic nitrogens is 1. The summed E-state index contributed by atoms with van der Waals surface area (Å²) in [5, 5.41) is 6.47. The Hall–Kier alpha value is -1.76. The number of urea groups is 1. The Morgan fingerprint density at radius 2 is 1.92 bits per heavy atom. The molecule has 0 aliphatic carbocycles. The summed E-state index contributed by atoms with van der Waals surface area (Å²) in [5.74, 6) is -0.536. The average molecular weight is 418 g/mol. The summed E-state index contributed by atoms with van der Waals surface area (Å²) >= 11 is 18.2. The Morgan fingerprint density at radius 1 is 1.19 bits per heavy atom. The van der Waals surface area contributed by atoms with Crippen molar-refractivity contribution in [3.05, 3.63) is 51.5 Å². The van der Waals surface area contributed by atoms with Crippen LogP contribution in [0, 0.1) is 5.82 Å². The highest BCUT2D eigenvalue weighted by Gasteiger charge is 2.24. The maximum absolute atomic E-state index is 13.2. The first-order valence-corrected chi connectivity index (χ1v) is 9.14. The third-order valence-corrected chi connectivity index (χ3v) is 4.92. The van der Waals surface area contributed by atoms with Crippen LogP contribution in [0.5, 0.6) is 0 Å². The predicted molar refractivity (Wildman–Crippen MR) is 103 cm³/mol. The van der Waals surface area contributed by atoms with Crippen LogP contribution in [-0.4, -0.2) is 30.1 Å². The SMILES string of the molecule is O=C(Nc1ccc(F)c(Cl)c1)N[C@@H]1CCCN(c2c(Cl)cncc2Cl)C1. The van der Waals surface area contributed by atoms with E-state index in [1.807, 2.05) is 4.90 Å². The molecule has 0 radical (unpaired) electrons. The molecule has 9 heteroatoms. The van der Waals surface area contributed by atoms with E-state index in [1.54, 1.807) is 12.4 Å². The minimum absolute atomic E-state index is 0.0476. The number of benzene rings is 1. The van der Waals surface area contributed by atoms with E-state index in [9.17, 15) is 9.18 Å². The van der Waals surface area contributed by atoms with Gasteiger partial charge in [0.1, 0.15) is 5.82 Å². The maximum atomic E-state index is 13.2.